The van der Waals surface area contributed by atoms with E-state index in [4.69, 9.17) is 74.7 Å². The first-order valence-electron chi connectivity index (χ1n) is 4.72. The first-order chi connectivity index (χ1) is 7.46. The van der Waals surface area contributed by atoms with E-state index in [9.17, 15) is 4.39 Å². The summed E-state index contributed by atoms with van der Waals surface area (Å²) >= 11 is 35.3. The van der Waals surface area contributed by atoms with E-state index in [1.807, 2.05) is 0 Å². The molecule has 1 aliphatic carbocycles. The first kappa shape index (κ1) is 18.6. The van der Waals surface area contributed by atoms with E-state index in [1.54, 1.807) is 0 Å². The van der Waals surface area contributed by atoms with Crippen LogP contribution < -0.4 is 0 Å². The molecule has 0 aromatic carbocycles. The zero-order valence-corrected chi connectivity index (χ0v) is 13.6. The third-order valence-corrected chi connectivity index (χ3v) is 5.86. The lowest BCUT2D eigenvalue weighted by atomic mass is 9.97. The number of hydrogen-bond donors (Lipinski definition) is 1. The Bertz CT molecular complexity index is 171. The second-order valence-corrected chi connectivity index (χ2v) is 7.10. The monoisotopic (exact) mass is 366 g/mol. The molecule has 0 bridgehead atoms. The van der Waals surface area contributed by atoms with E-state index in [0.29, 0.717) is 0 Å². The van der Waals surface area contributed by atoms with Crippen molar-refractivity contribution in [2.24, 2.45) is 0 Å². The van der Waals surface area contributed by atoms with Gasteiger partial charge in [-0.3, -0.25) is 0 Å². The number of rotatable bonds is 0. The average Bonchev–Trinajstić information content (AvgIpc) is 2.18. The van der Waals surface area contributed by atoms with E-state index >= 15 is 0 Å². The van der Waals surface area contributed by atoms with Crippen molar-refractivity contribution >= 4 is 69.6 Å². The minimum Gasteiger partial charge on any atom is -0.362 e. The maximum atomic E-state index is 11.2. The molecule has 0 atom stereocenters. The molecule has 0 aromatic rings. The number of halogens is 7. The maximum absolute atomic E-state index is 11.2. The molecule has 0 amide bonds. The van der Waals surface area contributed by atoms with Crippen LogP contribution in [-0.2, 0) is 0 Å². The number of hydrogen-bond acceptors (Lipinski definition) is 1. The van der Waals surface area contributed by atoms with Crippen LogP contribution in [0.5, 0.6) is 0 Å². The Hall–Kier alpha value is 1.63. The minimum atomic E-state index is -2.00. The number of alkyl halides is 7. The smallest absolute Gasteiger partial charge is 0.201 e. The van der Waals surface area contributed by atoms with Gasteiger partial charge >= 0.3 is 0 Å². The molecule has 8 heteroatoms. The molecular formula is C9H13Cl6FO. The van der Waals surface area contributed by atoms with Gasteiger partial charge in [0.05, 0.1) is 32.3 Å². The van der Waals surface area contributed by atoms with Crippen LogP contribution in [0.1, 0.15) is 13.8 Å². The molecule has 1 fully saturated rings. The molecule has 0 heterocycles. The second-order valence-electron chi connectivity index (χ2n) is 4.08. The minimum absolute atomic E-state index is 0.437. The lowest BCUT2D eigenvalue weighted by molar-refractivity contribution is -0.0515. The first-order valence-corrected chi connectivity index (χ1v) is 7.34. The van der Waals surface area contributed by atoms with Gasteiger partial charge in [0.15, 0.2) is 0 Å². The van der Waals surface area contributed by atoms with Gasteiger partial charge in [-0.2, -0.15) is 0 Å². The molecule has 0 unspecified atom stereocenters. The fraction of sp³-hybridized carbons (Fsp3) is 1.00. The highest BCUT2D eigenvalue weighted by atomic mass is 35.5. The summed E-state index contributed by atoms with van der Waals surface area (Å²) in [7, 11) is 0. The lowest BCUT2D eigenvalue weighted by Gasteiger charge is -2.37. The van der Waals surface area contributed by atoms with E-state index in [0.717, 1.165) is 13.8 Å². The Morgan fingerprint density at radius 3 is 0.824 bits per heavy atom. The third kappa shape index (κ3) is 6.56. The van der Waals surface area contributed by atoms with Gasteiger partial charge in [-0.25, -0.2) is 4.39 Å². The Balaban J connectivity index is 0.000000437. The Labute approximate surface area is 130 Å². The van der Waals surface area contributed by atoms with Gasteiger partial charge in [0.1, 0.15) is 0 Å². The zero-order chi connectivity index (χ0) is 14.0. The zero-order valence-electron chi connectivity index (χ0n) is 9.06. The fourth-order valence-electron chi connectivity index (χ4n) is 1.05. The van der Waals surface area contributed by atoms with E-state index < -0.39 is 38.1 Å². The molecule has 0 radical (unpaired) electrons. The van der Waals surface area contributed by atoms with Gasteiger partial charge in [-0.1, -0.05) is 0 Å². The molecule has 17 heavy (non-hydrogen) atoms. The highest BCUT2D eigenvalue weighted by Gasteiger charge is 2.46. The van der Waals surface area contributed by atoms with Crippen LogP contribution in [-0.4, -0.2) is 43.2 Å². The van der Waals surface area contributed by atoms with Crippen molar-refractivity contribution < 1.29 is 9.50 Å². The topological polar surface area (TPSA) is 20.2 Å². The van der Waals surface area contributed by atoms with Crippen molar-refractivity contribution in [2.75, 3.05) is 0 Å². The molecule has 1 aliphatic rings. The maximum Gasteiger partial charge on any atom is 0.201 e. The van der Waals surface area contributed by atoms with E-state index in [2.05, 4.69) is 0 Å². The van der Waals surface area contributed by atoms with Gasteiger partial charge in [-0.15, -0.1) is 69.6 Å². The van der Waals surface area contributed by atoms with Crippen LogP contribution in [0.2, 0.25) is 0 Å². The van der Waals surface area contributed by atoms with Crippen molar-refractivity contribution in [3.8, 4) is 0 Å². The summed E-state index contributed by atoms with van der Waals surface area (Å²) in [6.45, 7) is 2.15. The fourth-order valence-corrected chi connectivity index (χ4v) is 3.38. The molecule has 104 valence electrons. The van der Waals surface area contributed by atoms with Crippen LogP contribution in [0.4, 0.5) is 4.39 Å². The van der Waals surface area contributed by atoms with Crippen LogP contribution in [0.25, 0.3) is 0 Å². The molecule has 0 saturated heterocycles. The predicted molar refractivity (Wildman–Crippen MR) is 75.3 cm³/mol. The van der Waals surface area contributed by atoms with Crippen LogP contribution in [0, 0.1) is 0 Å². The summed E-state index contributed by atoms with van der Waals surface area (Å²) in [6, 6.07) is 0. The quantitative estimate of drug-likeness (QED) is 0.631. The van der Waals surface area contributed by atoms with Gasteiger partial charge < -0.3 is 5.11 Å². The summed E-state index contributed by atoms with van der Waals surface area (Å²) in [4.78, 5) is 0. The average molecular weight is 369 g/mol. The Morgan fingerprint density at radius 2 is 0.765 bits per heavy atom. The van der Waals surface area contributed by atoms with Gasteiger partial charge in [0.2, 0.25) is 5.85 Å². The molecule has 1 nitrogen and oxygen atoms in total. The molecule has 1 rings (SSSR count). The van der Waals surface area contributed by atoms with Gasteiger partial charge in [0.25, 0.3) is 0 Å². The largest absolute Gasteiger partial charge is 0.362 e. The van der Waals surface area contributed by atoms with Crippen LogP contribution in [0.3, 0.4) is 0 Å². The highest BCUT2D eigenvalue weighted by molar-refractivity contribution is 6.45. The molecular weight excluding hydrogens is 356 g/mol. The lowest BCUT2D eigenvalue weighted by Crippen LogP contribution is -2.52. The van der Waals surface area contributed by atoms with E-state index in [-0.39, 0.29) is 0 Å². The summed E-state index contributed by atoms with van der Waals surface area (Å²) < 4.78 is 11.2. The SMILES string of the molecule is CC(C)(O)F.ClC1C(Cl)C(Cl)C(Cl)C(Cl)C1Cl. The Morgan fingerprint density at radius 1 is 0.706 bits per heavy atom. The van der Waals surface area contributed by atoms with Crippen molar-refractivity contribution in [1.82, 2.24) is 0 Å². The van der Waals surface area contributed by atoms with Crippen molar-refractivity contribution in [1.29, 1.82) is 0 Å². The molecule has 0 aromatic heterocycles. The Kier molecular flexibility index (Phi) is 8.13. The molecule has 0 spiro atoms. The van der Waals surface area contributed by atoms with Gasteiger partial charge in [-0.05, 0) is 13.8 Å². The summed E-state index contributed by atoms with van der Waals surface area (Å²) in [5.41, 5.74) is 0. The van der Waals surface area contributed by atoms with Crippen LogP contribution >= 0.6 is 69.6 Å². The van der Waals surface area contributed by atoms with Crippen molar-refractivity contribution in [3.63, 3.8) is 0 Å². The van der Waals surface area contributed by atoms with E-state index in [1.165, 1.54) is 0 Å². The second kappa shape index (κ2) is 7.42. The number of aliphatic hydroxyl groups is 1. The van der Waals surface area contributed by atoms with Crippen molar-refractivity contribution in [3.05, 3.63) is 0 Å². The van der Waals surface area contributed by atoms with Crippen LogP contribution in [0.15, 0.2) is 0 Å². The molecule has 1 saturated carbocycles. The summed E-state index contributed by atoms with van der Waals surface area (Å²) in [6.07, 6.45) is 0. The highest BCUT2D eigenvalue weighted by Crippen LogP contribution is 2.39. The predicted octanol–water partition coefficient (Wildman–Crippen LogP) is 4.33. The molecule has 1 N–H and O–H groups in total. The normalized spacial score (nSPS) is 42.7. The standard InChI is InChI=1S/C6H6Cl6.C3H7FO/c7-1-2(8)4(10)6(12)5(11)3(1)9;1-3(2,4)5/h1-6H;5H,1-2H3. The molecule has 0 aliphatic heterocycles. The summed E-state index contributed by atoms with van der Waals surface area (Å²) in [5.74, 6) is -2.00. The summed E-state index contributed by atoms with van der Waals surface area (Å²) in [5, 5.41) is 5.23. The third-order valence-electron chi connectivity index (χ3n) is 1.83. The van der Waals surface area contributed by atoms with Crippen molar-refractivity contribution in [2.45, 2.75) is 52.0 Å². The van der Waals surface area contributed by atoms with Gasteiger partial charge in [0, 0.05) is 0 Å².